The van der Waals surface area contributed by atoms with Crippen molar-refractivity contribution in [3.05, 3.63) is 64.5 Å². The molecule has 0 amide bonds. The molecule has 4 rings (SSSR count). The van der Waals surface area contributed by atoms with Crippen molar-refractivity contribution in [3.8, 4) is 113 Å². The highest BCUT2D eigenvalue weighted by Crippen LogP contribution is 2.22. The summed E-state index contributed by atoms with van der Waals surface area (Å²) in [6, 6.07) is 11.1. The number of hydrogen-bond acceptors (Lipinski definition) is 13. The molecule has 56 heavy (non-hydrogen) atoms. The number of terminal acetylenes is 1. The van der Waals surface area contributed by atoms with E-state index in [0.29, 0.717) is 28.9 Å². The summed E-state index contributed by atoms with van der Waals surface area (Å²) in [6.45, 7) is 2.01. The Morgan fingerprint density at radius 1 is 0.839 bits per heavy atom. The molecule has 18 heteroatoms. The molecule has 0 radical (unpaired) electrons. The molecular weight excluding hydrogens is 724 g/mol. The molecule has 3 heterocycles. The zero-order valence-electron chi connectivity index (χ0n) is 29.8. The van der Waals surface area contributed by atoms with Gasteiger partial charge in [-0.3, -0.25) is 4.57 Å². The maximum atomic E-state index is 13.0. The van der Waals surface area contributed by atoms with Gasteiger partial charge in [0.1, 0.15) is 17.7 Å². The van der Waals surface area contributed by atoms with Crippen molar-refractivity contribution in [1.29, 1.82) is 5.53 Å². The summed E-state index contributed by atoms with van der Waals surface area (Å²) in [4.78, 5) is 28.2. The van der Waals surface area contributed by atoms with Gasteiger partial charge in [0.25, 0.3) is 0 Å². The molecule has 0 atom stereocenters. The third-order valence-electron chi connectivity index (χ3n) is 5.89. The molecule has 0 aliphatic rings. The average Bonchev–Trinajstić information content (AvgIpc) is 3.73. The van der Waals surface area contributed by atoms with E-state index in [0.717, 1.165) is 11.3 Å². The number of nitrogens with one attached hydrogen (secondary N) is 1. The lowest BCUT2D eigenvalue weighted by molar-refractivity contribution is -0.587. The van der Waals surface area contributed by atoms with Crippen LogP contribution < -0.4 is 10.4 Å². The van der Waals surface area contributed by atoms with Gasteiger partial charge in [-0.25, -0.2) is 25.3 Å². The molecule has 0 spiro atoms. The summed E-state index contributed by atoms with van der Waals surface area (Å²) in [5, 5.41) is 27.4. The normalized spacial score (nSPS) is 8.68. The summed E-state index contributed by atoms with van der Waals surface area (Å²) in [7, 11) is 4.68. The van der Waals surface area contributed by atoms with E-state index in [-0.39, 0.29) is 21.0 Å². The van der Waals surface area contributed by atoms with E-state index in [1.807, 2.05) is 30.3 Å². The standard InChI is InChI=1S/C19H19N5O4.C19H4.H3N5O4.7H2/c1-26-13-6-4-12(5-7-13)10-23-17-14(16-20-11-21-24(16)19(23)25)8-9-15(22-17)18(27-2)28-3;1-3-5-7-9-11-13-15-17-19-18-16-14-12-10-8-6-4-2;1-2-3-4-5(8-6)9-7;;;;;;;/h4-9,11,18H,10H2,1-3H3;1H,2H3;1,6-7H;7*1H/b;;2-1?,4-3+;;;;;;;. The van der Waals surface area contributed by atoms with Crippen LogP contribution in [0.4, 0.5) is 0 Å². The summed E-state index contributed by atoms with van der Waals surface area (Å²) in [6.07, 6.45) is 5.61. The fraction of sp³-hybridized carbons (Fsp3) is 0.158. The Balaban J connectivity index is -0.000000206. The predicted octanol–water partition coefficient (Wildman–Crippen LogP) is 4.59. The van der Waals surface area contributed by atoms with Crippen LogP contribution in [0.15, 0.2) is 63.2 Å². The van der Waals surface area contributed by atoms with E-state index in [2.05, 4.69) is 141 Å². The SMILES string of the molecule is C#CC#CC#CC#CC#CC#CC#CC#CC#CC.COc1ccc(Cn2c(=O)n3ncnc3c3ccc(C(OC)OC)nc32)cc1.N=N/N=N/N(OO)OO.[HH].[HH].[HH].[HH].[HH].[HH].[HH]. The molecule has 0 unspecified atom stereocenters. The first-order chi connectivity index (χ1) is 27.4. The maximum Gasteiger partial charge on any atom is 0.352 e. The first kappa shape index (κ1) is 43.7. The number of hydrogen-bond donors (Lipinski definition) is 3. The fourth-order valence-electron chi connectivity index (χ4n) is 3.74. The van der Waals surface area contributed by atoms with Crippen LogP contribution >= 0.6 is 0 Å². The van der Waals surface area contributed by atoms with Crippen molar-refractivity contribution in [3.63, 3.8) is 0 Å². The van der Waals surface area contributed by atoms with Gasteiger partial charge in [-0.05, 0) is 142 Å². The Kier molecular flexibility index (Phi) is 20.6. The van der Waals surface area contributed by atoms with Gasteiger partial charge in [0, 0.05) is 29.4 Å². The Hall–Kier alpha value is -8.42. The number of rotatable bonds is 10. The number of aromatic nitrogens is 5. The molecule has 3 aromatic heterocycles. The molecule has 0 fully saturated rings. The Labute approximate surface area is 330 Å². The number of benzene rings is 1. The van der Waals surface area contributed by atoms with E-state index in [1.54, 1.807) is 24.7 Å². The summed E-state index contributed by atoms with van der Waals surface area (Å²) in [5.41, 5.74) is 8.10. The van der Waals surface area contributed by atoms with Gasteiger partial charge in [0.2, 0.25) is 6.29 Å². The molecule has 0 saturated heterocycles. The van der Waals surface area contributed by atoms with Crippen LogP contribution in [0.5, 0.6) is 5.75 Å². The number of pyridine rings is 1. The lowest BCUT2D eigenvalue weighted by Gasteiger charge is -2.15. The van der Waals surface area contributed by atoms with Gasteiger partial charge < -0.3 is 14.2 Å². The van der Waals surface area contributed by atoms with Gasteiger partial charge in [-0.1, -0.05) is 28.0 Å². The topological polar surface area (TPSA) is 216 Å². The third-order valence-corrected chi connectivity index (χ3v) is 5.89. The highest BCUT2D eigenvalue weighted by molar-refractivity contribution is 5.88. The quantitative estimate of drug-likeness (QED) is 0.0665. The van der Waals surface area contributed by atoms with Gasteiger partial charge >= 0.3 is 5.69 Å². The molecule has 3 N–H and O–H groups in total. The molecule has 0 aliphatic heterocycles. The van der Waals surface area contributed by atoms with Crippen LogP contribution in [-0.4, -0.2) is 61.3 Å². The van der Waals surface area contributed by atoms with Crippen molar-refractivity contribution in [2.24, 2.45) is 15.7 Å². The molecule has 18 nitrogen and oxygen atoms in total. The molecule has 0 bridgehead atoms. The Morgan fingerprint density at radius 2 is 1.39 bits per heavy atom. The van der Waals surface area contributed by atoms with Crippen molar-refractivity contribution in [2.45, 2.75) is 19.8 Å². The van der Waals surface area contributed by atoms with Crippen LogP contribution in [-0.2, 0) is 26.0 Å². The minimum Gasteiger partial charge on any atom is -0.497 e. The molecule has 4 aromatic rings. The number of methoxy groups -OCH3 is 3. The second-order valence-corrected chi connectivity index (χ2v) is 9.07. The zero-order valence-corrected chi connectivity index (χ0v) is 29.8. The Bertz CT molecular complexity index is 2670. The van der Waals surface area contributed by atoms with Crippen molar-refractivity contribution in [2.75, 3.05) is 21.3 Å². The highest BCUT2D eigenvalue weighted by Gasteiger charge is 2.18. The summed E-state index contributed by atoms with van der Waals surface area (Å²) >= 11 is 0. The molecule has 0 aliphatic carbocycles. The van der Waals surface area contributed by atoms with E-state index in [9.17, 15) is 4.79 Å². The maximum absolute atomic E-state index is 13.0. The second-order valence-electron chi connectivity index (χ2n) is 9.07. The van der Waals surface area contributed by atoms with E-state index in [4.69, 9.17) is 36.7 Å². The number of fused-ring (bicyclic) bond motifs is 3. The van der Waals surface area contributed by atoms with E-state index >= 15 is 0 Å². The highest BCUT2D eigenvalue weighted by atomic mass is 17.4. The number of ether oxygens (including phenoxy) is 3. The predicted molar refractivity (Wildman–Crippen MR) is 212 cm³/mol. The largest absolute Gasteiger partial charge is 0.497 e. The minimum atomic E-state index is -0.636. The zero-order chi connectivity index (χ0) is 40.8. The van der Waals surface area contributed by atoms with E-state index < -0.39 is 6.29 Å². The monoisotopic (exact) mass is 764 g/mol. The van der Waals surface area contributed by atoms with Crippen molar-refractivity contribution >= 4 is 16.7 Å². The molecule has 1 aromatic carbocycles. The smallest absolute Gasteiger partial charge is 0.352 e. The van der Waals surface area contributed by atoms with Crippen molar-refractivity contribution in [1.82, 2.24) is 29.5 Å². The van der Waals surface area contributed by atoms with Crippen LogP contribution in [0.2, 0.25) is 0 Å². The van der Waals surface area contributed by atoms with Crippen LogP contribution in [0.25, 0.3) is 16.7 Å². The van der Waals surface area contributed by atoms with Gasteiger partial charge in [-0.2, -0.15) is 15.1 Å². The van der Waals surface area contributed by atoms with Crippen LogP contribution in [0, 0.1) is 113 Å². The lowest BCUT2D eigenvalue weighted by Crippen LogP contribution is -2.29. The fourth-order valence-corrected chi connectivity index (χ4v) is 3.74. The van der Waals surface area contributed by atoms with E-state index in [1.165, 1.54) is 25.1 Å². The van der Waals surface area contributed by atoms with Gasteiger partial charge in [0.05, 0.1) is 30.1 Å². The minimum absolute atomic E-state index is 0. The van der Waals surface area contributed by atoms with Gasteiger partial charge in [0.15, 0.2) is 5.65 Å². The van der Waals surface area contributed by atoms with Crippen LogP contribution in [0.3, 0.4) is 0 Å². The molecule has 290 valence electrons. The first-order valence-corrected chi connectivity index (χ1v) is 14.9. The third kappa shape index (κ3) is 14.7. The molecular formula is C38H40N10O8. The first-order valence-electron chi connectivity index (χ1n) is 14.9. The lowest BCUT2D eigenvalue weighted by atomic mass is 10.2. The average molecular weight is 765 g/mol. The summed E-state index contributed by atoms with van der Waals surface area (Å²) < 4.78 is 18.6. The summed E-state index contributed by atoms with van der Waals surface area (Å²) in [5.74, 6) is 42.7. The van der Waals surface area contributed by atoms with Crippen LogP contribution in [0.1, 0.15) is 34.5 Å². The molecule has 0 saturated carbocycles. The van der Waals surface area contributed by atoms with Crippen molar-refractivity contribution < 1.29 is 44.7 Å². The second kappa shape index (κ2) is 26.4. The Morgan fingerprint density at radius 3 is 1.88 bits per heavy atom. The van der Waals surface area contributed by atoms with Gasteiger partial charge in [-0.15, -0.1) is 6.42 Å². The number of nitrogens with zero attached hydrogens (tertiary/aromatic N) is 9.